The smallest absolute Gasteiger partial charge is 0.258 e. The quantitative estimate of drug-likeness (QED) is 0.739. The molecular formula is C19H21N7O. The molecule has 0 atom stereocenters. The lowest BCUT2D eigenvalue weighted by Gasteiger charge is -2.19. The number of aromatic nitrogens is 4. The van der Waals surface area contributed by atoms with Gasteiger partial charge in [0.05, 0.1) is 29.3 Å². The Kier molecular flexibility index (Phi) is 4.23. The Hall–Kier alpha value is -3.42. The molecule has 1 aromatic carbocycles. The topological polar surface area (TPSA) is 88.0 Å². The zero-order valence-electron chi connectivity index (χ0n) is 15.5. The van der Waals surface area contributed by atoms with Crippen molar-refractivity contribution in [3.8, 4) is 0 Å². The molecule has 0 saturated carbocycles. The molecule has 0 radical (unpaired) electrons. The van der Waals surface area contributed by atoms with Crippen LogP contribution in [0.15, 0.2) is 42.9 Å². The molecule has 1 amide bonds. The summed E-state index contributed by atoms with van der Waals surface area (Å²) in [5.74, 6) is 1.18. The minimum Gasteiger partial charge on any atom is -0.340 e. The third-order valence-electron chi connectivity index (χ3n) is 4.31. The summed E-state index contributed by atoms with van der Waals surface area (Å²) in [7, 11) is 1.89. The summed E-state index contributed by atoms with van der Waals surface area (Å²) in [6.45, 7) is 5.12. The number of carbonyl (C=O) groups is 1. The first-order valence-electron chi connectivity index (χ1n) is 8.82. The van der Waals surface area contributed by atoms with E-state index in [4.69, 9.17) is 0 Å². The average Bonchev–Trinajstić information content (AvgIpc) is 3.03. The van der Waals surface area contributed by atoms with Gasteiger partial charge in [-0.05, 0) is 18.1 Å². The predicted molar refractivity (Wildman–Crippen MR) is 105 cm³/mol. The summed E-state index contributed by atoms with van der Waals surface area (Å²) in [4.78, 5) is 23.4. The molecule has 1 aliphatic heterocycles. The summed E-state index contributed by atoms with van der Waals surface area (Å²) >= 11 is 0. The Balaban J connectivity index is 1.62. The molecule has 0 aliphatic carbocycles. The molecule has 2 aromatic heterocycles. The first-order valence-corrected chi connectivity index (χ1v) is 8.82. The van der Waals surface area contributed by atoms with E-state index in [9.17, 15) is 4.79 Å². The van der Waals surface area contributed by atoms with Gasteiger partial charge in [-0.3, -0.25) is 9.48 Å². The maximum Gasteiger partial charge on any atom is 0.258 e. The number of nitrogens with zero attached hydrogens (tertiary/aromatic N) is 5. The Morgan fingerprint density at radius 3 is 2.81 bits per heavy atom. The van der Waals surface area contributed by atoms with Crippen molar-refractivity contribution in [2.75, 3.05) is 22.6 Å². The summed E-state index contributed by atoms with van der Waals surface area (Å²) in [6, 6.07) is 7.44. The molecule has 27 heavy (non-hydrogen) atoms. The van der Waals surface area contributed by atoms with Crippen LogP contribution in [0.4, 0.5) is 28.8 Å². The largest absolute Gasteiger partial charge is 0.340 e. The highest BCUT2D eigenvalue weighted by Crippen LogP contribution is 2.35. The van der Waals surface area contributed by atoms with Gasteiger partial charge in [-0.2, -0.15) is 10.1 Å². The number of carbonyl (C=O) groups excluding carboxylic acids is 1. The lowest BCUT2D eigenvalue weighted by atomic mass is 10.1. The monoisotopic (exact) mass is 363 g/mol. The summed E-state index contributed by atoms with van der Waals surface area (Å²) < 4.78 is 1.88. The summed E-state index contributed by atoms with van der Waals surface area (Å²) in [5.41, 5.74) is 2.94. The van der Waals surface area contributed by atoms with Crippen LogP contribution in [-0.4, -0.2) is 32.7 Å². The fourth-order valence-electron chi connectivity index (χ4n) is 3.07. The molecule has 1 aliphatic rings. The molecule has 138 valence electrons. The Bertz CT molecular complexity index is 995. The number of fused-ring (bicyclic) bond motifs is 2. The van der Waals surface area contributed by atoms with E-state index < -0.39 is 0 Å². The van der Waals surface area contributed by atoms with Crippen LogP contribution < -0.4 is 15.5 Å². The van der Waals surface area contributed by atoms with Crippen molar-refractivity contribution in [1.29, 1.82) is 0 Å². The second-order valence-corrected chi connectivity index (χ2v) is 6.93. The molecule has 2 N–H and O–H groups in total. The van der Waals surface area contributed by atoms with Gasteiger partial charge in [-0.15, -0.1) is 0 Å². The van der Waals surface area contributed by atoms with E-state index in [0.717, 1.165) is 23.6 Å². The summed E-state index contributed by atoms with van der Waals surface area (Å²) in [5, 5.41) is 10.3. The van der Waals surface area contributed by atoms with Gasteiger partial charge < -0.3 is 15.5 Å². The van der Waals surface area contributed by atoms with Gasteiger partial charge in [0, 0.05) is 19.8 Å². The van der Waals surface area contributed by atoms with Crippen molar-refractivity contribution < 1.29 is 4.79 Å². The predicted octanol–water partition coefficient (Wildman–Crippen LogP) is 3.41. The van der Waals surface area contributed by atoms with Crippen molar-refractivity contribution in [2.24, 2.45) is 5.92 Å². The van der Waals surface area contributed by atoms with E-state index in [1.54, 1.807) is 18.5 Å². The van der Waals surface area contributed by atoms with Gasteiger partial charge >= 0.3 is 0 Å². The summed E-state index contributed by atoms with van der Waals surface area (Å²) in [6.07, 6.45) is 5.35. The van der Waals surface area contributed by atoms with Crippen LogP contribution in [0.5, 0.6) is 0 Å². The molecule has 8 nitrogen and oxygen atoms in total. The molecule has 8 heteroatoms. The average molecular weight is 363 g/mol. The van der Waals surface area contributed by atoms with Gasteiger partial charge in [0.1, 0.15) is 5.69 Å². The lowest BCUT2D eigenvalue weighted by molar-refractivity contribution is 0.102. The van der Waals surface area contributed by atoms with E-state index in [0.29, 0.717) is 23.2 Å². The van der Waals surface area contributed by atoms with E-state index in [1.807, 2.05) is 41.0 Å². The van der Waals surface area contributed by atoms with Crippen LogP contribution in [-0.2, 0) is 6.54 Å². The van der Waals surface area contributed by atoms with Crippen molar-refractivity contribution in [1.82, 2.24) is 19.7 Å². The number of hydrogen-bond acceptors (Lipinski definition) is 6. The van der Waals surface area contributed by atoms with Crippen molar-refractivity contribution >= 4 is 34.7 Å². The number of rotatable bonds is 4. The van der Waals surface area contributed by atoms with E-state index >= 15 is 0 Å². The molecule has 3 aromatic rings. The highest BCUT2D eigenvalue weighted by Gasteiger charge is 2.24. The molecule has 0 saturated heterocycles. The Morgan fingerprint density at radius 2 is 2.00 bits per heavy atom. The maximum absolute atomic E-state index is 12.6. The minimum absolute atomic E-state index is 0.189. The number of para-hydroxylation sites is 1. The van der Waals surface area contributed by atoms with E-state index in [2.05, 4.69) is 39.5 Å². The fourth-order valence-corrected chi connectivity index (χ4v) is 3.07. The first kappa shape index (κ1) is 17.0. The number of hydrogen-bond donors (Lipinski definition) is 2. The zero-order valence-corrected chi connectivity index (χ0v) is 15.5. The van der Waals surface area contributed by atoms with Gasteiger partial charge in [0.25, 0.3) is 5.91 Å². The molecule has 0 fully saturated rings. The number of nitrogens with one attached hydrogen (secondary N) is 2. The molecule has 3 heterocycles. The van der Waals surface area contributed by atoms with Gasteiger partial charge in [0.15, 0.2) is 5.82 Å². The van der Waals surface area contributed by atoms with E-state index in [1.165, 1.54) is 0 Å². The van der Waals surface area contributed by atoms with Gasteiger partial charge in [-0.1, -0.05) is 26.0 Å². The number of amides is 1. The lowest BCUT2D eigenvalue weighted by Crippen LogP contribution is -2.12. The van der Waals surface area contributed by atoms with Crippen LogP contribution >= 0.6 is 0 Å². The number of anilines is 5. The van der Waals surface area contributed by atoms with Gasteiger partial charge in [-0.25, -0.2) is 4.98 Å². The molecule has 4 rings (SSSR count). The van der Waals surface area contributed by atoms with Crippen LogP contribution in [0.2, 0.25) is 0 Å². The first-order chi connectivity index (χ1) is 13.0. The normalized spacial score (nSPS) is 13.0. The maximum atomic E-state index is 12.6. The second-order valence-electron chi connectivity index (χ2n) is 6.93. The van der Waals surface area contributed by atoms with Gasteiger partial charge in [0.2, 0.25) is 5.95 Å². The Morgan fingerprint density at radius 1 is 1.19 bits per heavy atom. The molecule has 0 bridgehead atoms. The number of benzene rings is 1. The van der Waals surface area contributed by atoms with Crippen LogP contribution in [0.25, 0.3) is 0 Å². The van der Waals surface area contributed by atoms with E-state index in [-0.39, 0.29) is 5.91 Å². The SMILES string of the molecule is CC(C)Cn1cc(Nc2ncc3c(n2)NC(=O)c2ccccc2N3C)cn1. The second kappa shape index (κ2) is 6.71. The standard InChI is InChI=1S/C19H21N7O/c1-12(2)10-26-11-13(8-21-26)22-19-20-9-16-17(24-19)23-18(27)14-6-4-5-7-15(14)25(16)3/h4-9,11-12H,10H2,1-3H3,(H2,20,22,23,24,27). The molecular weight excluding hydrogens is 342 g/mol. The third-order valence-corrected chi connectivity index (χ3v) is 4.31. The third kappa shape index (κ3) is 3.33. The minimum atomic E-state index is -0.189. The van der Waals surface area contributed by atoms with Crippen molar-refractivity contribution in [3.05, 3.63) is 48.4 Å². The van der Waals surface area contributed by atoms with Crippen molar-refractivity contribution in [2.45, 2.75) is 20.4 Å². The Labute approximate surface area is 157 Å². The van der Waals surface area contributed by atoms with Crippen LogP contribution in [0, 0.1) is 5.92 Å². The van der Waals surface area contributed by atoms with Crippen LogP contribution in [0.3, 0.4) is 0 Å². The fraction of sp³-hybridized carbons (Fsp3) is 0.263. The van der Waals surface area contributed by atoms with Crippen molar-refractivity contribution in [3.63, 3.8) is 0 Å². The highest BCUT2D eigenvalue weighted by molar-refractivity contribution is 6.11. The highest BCUT2D eigenvalue weighted by atomic mass is 16.1. The molecule has 0 spiro atoms. The zero-order chi connectivity index (χ0) is 19.0. The van der Waals surface area contributed by atoms with Crippen LogP contribution in [0.1, 0.15) is 24.2 Å². The molecule has 0 unspecified atom stereocenters.